The molecule has 130 valence electrons. The molecule has 2 heterocycles. The topological polar surface area (TPSA) is 45.5 Å². The van der Waals surface area contributed by atoms with Crippen molar-refractivity contribution in [1.82, 2.24) is 4.90 Å². The molecule has 0 aromatic heterocycles. The average Bonchev–Trinajstić information content (AvgIpc) is 2.65. The van der Waals surface area contributed by atoms with Crippen molar-refractivity contribution >= 4 is 0 Å². The van der Waals surface area contributed by atoms with Gasteiger partial charge in [0.15, 0.2) is 0 Å². The highest BCUT2D eigenvalue weighted by Gasteiger charge is 2.34. The number of nitriles is 1. The minimum Gasteiger partial charge on any atom is -0.490 e. The van der Waals surface area contributed by atoms with E-state index >= 15 is 0 Å². The van der Waals surface area contributed by atoms with Gasteiger partial charge in [0.05, 0.1) is 11.5 Å². The Hall–Kier alpha value is -1.57. The van der Waals surface area contributed by atoms with Crippen molar-refractivity contribution in [2.45, 2.75) is 50.5 Å². The second-order valence-corrected chi connectivity index (χ2v) is 6.99. The summed E-state index contributed by atoms with van der Waals surface area (Å²) in [7, 11) is 0. The van der Waals surface area contributed by atoms with Crippen LogP contribution in [-0.4, -0.2) is 43.9 Å². The Morgan fingerprint density at radius 1 is 1.21 bits per heavy atom. The number of ether oxygens (including phenoxy) is 2. The molecule has 0 atom stereocenters. The van der Waals surface area contributed by atoms with Crippen molar-refractivity contribution in [3.8, 4) is 11.8 Å². The largest absolute Gasteiger partial charge is 0.490 e. The zero-order chi connectivity index (χ0) is 16.8. The van der Waals surface area contributed by atoms with Crippen molar-refractivity contribution in [3.63, 3.8) is 0 Å². The van der Waals surface area contributed by atoms with Crippen molar-refractivity contribution in [3.05, 3.63) is 29.8 Å². The molecule has 4 nitrogen and oxygen atoms in total. The Kier molecular flexibility index (Phi) is 5.76. The molecule has 24 heavy (non-hydrogen) atoms. The van der Waals surface area contributed by atoms with E-state index in [-0.39, 0.29) is 5.41 Å². The first kappa shape index (κ1) is 17.3. The average molecular weight is 328 g/mol. The quantitative estimate of drug-likeness (QED) is 0.830. The summed E-state index contributed by atoms with van der Waals surface area (Å²) < 4.78 is 11.6. The lowest BCUT2D eigenvalue weighted by atomic mass is 9.75. The van der Waals surface area contributed by atoms with Crippen LogP contribution in [0.1, 0.15) is 44.6 Å². The molecule has 1 aromatic rings. The number of hydrogen-bond donors (Lipinski definition) is 0. The number of rotatable bonds is 5. The zero-order valence-corrected chi connectivity index (χ0v) is 14.7. The molecule has 0 spiro atoms. The van der Waals surface area contributed by atoms with Crippen LogP contribution in [0.3, 0.4) is 0 Å². The van der Waals surface area contributed by atoms with E-state index in [1.807, 2.05) is 12.1 Å². The van der Waals surface area contributed by atoms with Gasteiger partial charge in [-0.15, -0.1) is 0 Å². The monoisotopic (exact) mass is 328 g/mol. The van der Waals surface area contributed by atoms with Gasteiger partial charge in [0.2, 0.25) is 0 Å². The number of hydrogen-bond acceptors (Lipinski definition) is 4. The van der Waals surface area contributed by atoms with E-state index in [0.29, 0.717) is 19.3 Å². The highest BCUT2D eigenvalue weighted by atomic mass is 16.5. The lowest BCUT2D eigenvalue weighted by molar-refractivity contribution is 0.0675. The molecule has 4 heteroatoms. The van der Waals surface area contributed by atoms with E-state index < -0.39 is 0 Å². The maximum Gasteiger partial charge on any atom is 0.119 e. The highest BCUT2D eigenvalue weighted by Crippen LogP contribution is 2.35. The van der Waals surface area contributed by atoms with Crippen LogP contribution in [0.2, 0.25) is 0 Å². The second-order valence-electron chi connectivity index (χ2n) is 6.99. The van der Waals surface area contributed by atoms with Gasteiger partial charge in [-0.05, 0) is 56.3 Å². The van der Waals surface area contributed by atoms with Crippen molar-refractivity contribution in [1.29, 1.82) is 5.26 Å². The van der Waals surface area contributed by atoms with Crippen LogP contribution in [0.4, 0.5) is 0 Å². The van der Waals surface area contributed by atoms with Crippen LogP contribution in [0, 0.1) is 11.3 Å². The summed E-state index contributed by atoms with van der Waals surface area (Å²) in [5, 5.41) is 9.65. The predicted molar refractivity (Wildman–Crippen MR) is 94.2 cm³/mol. The molecule has 3 rings (SSSR count). The Balaban J connectivity index is 1.58. The van der Waals surface area contributed by atoms with Crippen LogP contribution in [-0.2, 0) is 10.2 Å². The van der Waals surface area contributed by atoms with E-state index in [2.05, 4.69) is 30.0 Å². The minimum absolute atomic E-state index is 0.317. The van der Waals surface area contributed by atoms with Gasteiger partial charge in [0, 0.05) is 26.3 Å². The summed E-state index contributed by atoms with van der Waals surface area (Å²) in [6.45, 7) is 7.03. The maximum atomic E-state index is 9.65. The number of nitrogens with zero attached hydrogens (tertiary/aromatic N) is 2. The molecule has 2 fully saturated rings. The summed E-state index contributed by atoms with van der Waals surface area (Å²) in [5.74, 6) is 0.924. The van der Waals surface area contributed by atoms with Gasteiger partial charge in [-0.1, -0.05) is 19.1 Å². The van der Waals surface area contributed by atoms with E-state index in [9.17, 15) is 5.26 Å². The van der Waals surface area contributed by atoms with Gasteiger partial charge in [-0.3, -0.25) is 0 Å². The van der Waals surface area contributed by atoms with Crippen molar-refractivity contribution in [2.24, 2.45) is 0 Å². The molecule has 2 saturated heterocycles. The van der Waals surface area contributed by atoms with E-state index in [1.165, 1.54) is 13.0 Å². The summed E-state index contributed by atoms with van der Waals surface area (Å²) in [6.07, 6.45) is 5.29. The predicted octanol–water partition coefficient (Wildman–Crippen LogP) is 3.51. The van der Waals surface area contributed by atoms with Gasteiger partial charge in [0.1, 0.15) is 11.9 Å². The molecule has 1 aromatic carbocycles. The minimum atomic E-state index is -0.387. The maximum absolute atomic E-state index is 9.65. The Morgan fingerprint density at radius 2 is 1.88 bits per heavy atom. The molecule has 0 bridgehead atoms. The molecule has 2 aliphatic rings. The summed E-state index contributed by atoms with van der Waals surface area (Å²) in [6, 6.07) is 10.7. The molecule has 0 radical (unpaired) electrons. The fraction of sp³-hybridized carbons (Fsp3) is 0.650. The Morgan fingerprint density at radius 3 is 2.46 bits per heavy atom. The lowest BCUT2D eigenvalue weighted by Crippen LogP contribution is -2.38. The first-order chi connectivity index (χ1) is 11.8. The van der Waals surface area contributed by atoms with Crippen LogP contribution in [0.5, 0.6) is 5.75 Å². The molecule has 0 N–H and O–H groups in total. The molecule has 0 saturated carbocycles. The highest BCUT2D eigenvalue weighted by molar-refractivity contribution is 5.37. The van der Waals surface area contributed by atoms with E-state index in [1.54, 1.807) is 0 Å². The fourth-order valence-electron chi connectivity index (χ4n) is 3.80. The van der Waals surface area contributed by atoms with E-state index in [4.69, 9.17) is 9.47 Å². The molecular formula is C20H28N2O2. The molecule has 0 aliphatic carbocycles. The number of likely N-dealkylation sites (tertiary alicyclic amines) is 1. The third-order valence-corrected chi connectivity index (χ3v) is 5.34. The standard InChI is InChI=1S/C20H28N2O2/c1-2-11-22-12-7-19(8-13-22)24-18-5-3-17(4-6-18)20(16-21)9-14-23-15-10-20/h3-6,19H,2,7-15H2,1H3. The number of benzene rings is 1. The van der Waals surface area contributed by atoms with Crippen molar-refractivity contribution in [2.75, 3.05) is 32.8 Å². The van der Waals surface area contributed by atoms with E-state index in [0.717, 1.165) is 50.1 Å². The molecular weight excluding hydrogens is 300 g/mol. The Labute approximate surface area is 145 Å². The molecule has 0 unspecified atom stereocenters. The normalized spacial score (nSPS) is 22.0. The van der Waals surface area contributed by atoms with Crippen molar-refractivity contribution < 1.29 is 9.47 Å². The smallest absolute Gasteiger partial charge is 0.119 e. The first-order valence-corrected chi connectivity index (χ1v) is 9.24. The van der Waals surface area contributed by atoms with Gasteiger partial charge in [0.25, 0.3) is 0 Å². The van der Waals surface area contributed by atoms with Gasteiger partial charge in [-0.25, -0.2) is 0 Å². The van der Waals surface area contributed by atoms with Gasteiger partial charge >= 0.3 is 0 Å². The van der Waals surface area contributed by atoms with Crippen LogP contribution >= 0.6 is 0 Å². The molecule has 2 aliphatic heterocycles. The summed E-state index contributed by atoms with van der Waals surface area (Å²) in [5.41, 5.74) is 0.709. The number of piperidine rings is 1. The van der Waals surface area contributed by atoms with Crippen LogP contribution in [0.25, 0.3) is 0 Å². The fourth-order valence-corrected chi connectivity index (χ4v) is 3.80. The SMILES string of the molecule is CCCN1CCC(Oc2ccc(C3(C#N)CCOCC3)cc2)CC1. The lowest BCUT2D eigenvalue weighted by Gasteiger charge is -2.32. The summed E-state index contributed by atoms with van der Waals surface area (Å²) >= 11 is 0. The second kappa shape index (κ2) is 8.00. The molecule has 0 amide bonds. The Bertz CT molecular complexity index is 550. The van der Waals surface area contributed by atoms with Gasteiger partial charge < -0.3 is 14.4 Å². The zero-order valence-electron chi connectivity index (χ0n) is 14.7. The summed E-state index contributed by atoms with van der Waals surface area (Å²) in [4.78, 5) is 2.52. The third kappa shape index (κ3) is 3.91. The van der Waals surface area contributed by atoms with Gasteiger partial charge in [-0.2, -0.15) is 5.26 Å². The van der Waals surface area contributed by atoms with Crippen LogP contribution in [0.15, 0.2) is 24.3 Å². The first-order valence-electron chi connectivity index (χ1n) is 9.24. The third-order valence-electron chi connectivity index (χ3n) is 5.34. The van der Waals surface area contributed by atoms with Crippen LogP contribution < -0.4 is 4.74 Å².